The number of hydrogen-bond acceptors (Lipinski definition) is 3. The SMILES string of the molecule is O=C(S)Nc1ccc2ncoc2c1. The van der Waals surface area contributed by atoms with Crippen molar-refractivity contribution in [3.8, 4) is 0 Å². The lowest BCUT2D eigenvalue weighted by Gasteiger charge is -1.98. The molecule has 0 aliphatic carbocycles. The number of rotatable bonds is 1. The van der Waals surface area contributed by atoms with Gasteiger partial charge in [0, 0.05) is 11.8 Å². The summed E-state index contributed by atoms with van der Waals surface area (Å²) in [4.78, 5) is 14.5. The molecular weight excluding hydrogens is 188 g/mol. The van der Waals surface area contributed by atoms with E-state index in [9.17, 15) is 4.79 Å². The number of carbonyl (C=O) groups is 1. The Morgan fingerprint density at radius 3 is 3.15 bits per heavy atom. The number of anilines is 1. The number of nitrogens with one attached hydrogen (secondary N) is 1. The molecule has 0 fully saturated rings. The molecule has 0 radical (unpaired) electrons. The van der Waals surface area contributed by atoms with Crippen molar-refractivity contribution in [2.24, 2.45) is 0 Å². The normalized spacial score (nSPS) is 10.2. The van der Waals surface area contributed by atoms with E-state index in [0.29, 0.717) is 11.3 Å². The van der Waals surface area contributed by atoms with Gasteiger partial charge in [-0.15, -0.1) is 0 Å². The molecule has 5 heteroatoms. The Labute approximate surface area is 79.4 Å². The zero-order chi connectivity index (χ0) is 9.26. The molecule has 0 spiro atoms. The third-order valence-corrected chi connectivity index (χ3v) is 1.69. The molecule has 2 aromatic rings. The Kier molecular flexibility index (Phi) is 1.94. The van der Waals surface area contributed by atoms with E-state index >= 15 is 0 Å². The van der Waals surface area contributed by atoms with Crippen LogP contribution in [-0.2, 0) is 0 Å². The van der Waals surface area contributed by atoms with Gasteiger partial charge in [-0.05, 0) is 12.1 Å². The van der Waals surface area contributed by atoms with E-state index in [2.05, 4.69) is 22.9 Å². The average Bonchev–Trinajstić information content (AvgIpc) is 2.49. The fourth-order valence-electron chi connectivity index (χ4n) is 1.06. The van der Waals surface area contributed by atoms with Crippen LogP contribution >= 0.6 is 12.6 Å². The maximum Gasteiger partial charge on any atom is 0.280 e. The van der Waals surface area contributed by atoms with Crippen molar-refractivity contribution in [2.45, 2.75) is 0 Å². The van der Waals surface area contributed by atoms with E-state index in [-0.39, 0.29) is 0 Å². The number of thiol groups is 1. The van der Waals surface area contributed by atoms with Crippen LogP contribution in [0.3, 0.4) is 0 Å². The maximum atomic E-state index is 10.6. The summed E-state index contributed by atoms with van der Waals surface area (Å²) in [5.41, 5.74) is 2.04. The minimum absolute atomic E-state index is 0.404. The van der Waals surface area contributed by atoms with Crippen molar-refractivity contribution in [2.75, 3.05) is 5.32 Å². The zero-order valence-corrected chi connectivity index (χ0v) is 7.41. The predicted molar refractivity (Wildman–Crippen MR) is 52.0 cm³/mol. The summed E-state index contributed by atoms with van der Waals surface area (Å²) in [7, 11) is 0. The van der Waals surface area contributed by atoms with Crippen LogP contribution in [0.4, 0.5) is 10.5 Å². The number of oxazole rings is 1. The largest absolute Gasteiger partial charge is 0.443 e. The molecule has 1 heterocycles. The van der Waals surface area contributed by atoms with Crippen LogP contribution in [0, 0.1) is 0 Å². The van der Waals surface area contributed by atoms with Gasteiger partial charge in [0.2, 0.25) is 0 Å². The van der Waals surface area contributed by atoms with E-state index in [1.807, 2.05) is 0 Å². The topological polar surface area (TPSA) is 55.1 Å². The van der Waals surface area contributed by atoms with E-state index in [1.54, 1.807) is 18.2 Å². The van der Waals surface area contributed by atoms with Gasteiger partial charge in [0.15, 0.2) is 12.0 Å². The number of hydrogen-bond donors (Lipinski definition) is 2. The van der Waals surface area contributed by atoms with Crippen LogP contribution in [0.25, 0.3) is 11.1 Å². The van der Waals surface area contributed by atoms with Crippen molar-refractivity contribution < 1.29 is 9.21 Å². The standard InChI is InChI=1S/C8H6N2O2S/c11-8(13)10-5-1-2-6-7(3-5)12-4-9-6/h1-4H,(H2,10,11,13). The van der Waals surface area contributed by atoms with Crippen LogP contribution < -0.4 is 5.32 Å². The van der Waals surface area contributed by atoms with Gasteiger partial charge in [-0.2, -0.15) is 0 Å². The highest BCUT2D eigenvalue weighted by molar-refractivity contribution is 7.96. The van der Waals surface area contributed by atoms with Crippen molar-refractivity contribution in [3.63, 3.8) is 0 Å². The number of nitrogens with zero attached hydrogens (tertiary/aromatic N) is 1. The summed E-state index contributed by atoms with van der Waals surface area (Å²) in [6.07, 6.45) is 1.36. The Balaban J connectivity index is 2.42. The Morgan fingerprint density at radius 2 is 2.38 bits per heavy atom. The third-order valence-electron chi connectivity index (χ3n) is 1.58. The molecule has 2 rings (SSSR count). The maximum absolute atomic E-state index is 10.6. The molecule has 1 aromatic carbocycles. The van der Waals surface area contributed by atoms with Gasteiger partial charge in [-0.3, -0.25) is 4.79 Å². The minimum Gasteiger partial charge on any atom is -0.443 e. The van der Waals surface area contributed by atoms with Crippen molar-refractivity contribution in [1.82, 2.24) is 4.98 Å². The number of carbonyl (C=O) groups excluding carboxylic acids is 1. The molecule has 0 atom stereocenters. The monoisotopic (exact) mass is 194 g/mol. The summed E-state index contributed by atoms with van der Waals surface area (Å²) in [6, 6.07) is 5.19. The molecule has 0 aliphatic rings. The van der Waals surface area contributed by atoms with Gasteiger partial charge in [-0.25, -0.2) is 4.98 Å². The van der Waals surface area contributed by atoms with E-state index in [1.165, 1.54) is 6.39 Å². The molecule has 4 nitrogen and oxygen atoms in total. The van der Waals surface area contributed by atoms with Crippen LogP contribution in [0.2, 0.25) is 0 Å². The smallest absolute Gasteiger partial charge is 0.280 e. The van der Waals surface area contributed by atoms with Crippen LogP contribution in [0.5, 0.6) is 0 Å². The zero-order valence-electron chi connectivity index (χ0n) is 6.52. The van der Waals surface area contributed by atoms with Crippen LogP contribution in [0.1, 0.15) is 0 Å². The van der Waals surface area contributed by atoms with Crippen molar-refractivity contribution >= 4 is 34.7 Å². The summed E-state index contributed by atoms with van der Waals surface area (Å²) in [6.45, 7) is 0. The number of amides is 1. The highest BCUT2D eigenvalue weighted by Crippen LogP contribution is 2.17. The molecule has 0 bridgehead atoms. The fourth-order valence-corrected chi connectivity index (χ4v) is 1.19. The Morgan fingerprint density at radius 1 is 1.54 bits per heavy atom. The molecule has 0 saturated heterocycles. The molecular formula is C8H6N2O2S. The summed E-state index contributed by atoms with van der Waals surface area (Å²) in [5, 5.41) is 2.12. The van der Waals surface area contributed by atoms with Crippen molar-refractivity contribution in [1.29, 1.82) is 0 Å². The van der Waals surface area contributed by atoms with Gasteiger partial charge >= 0.3 is 0 Å². The first-order valence-electron chi connectivity index (χ1n) is 3.59. The predicted octanol–water partition coefficient (Wildman–Crippen LogP) is 2.29. The number of fused-ring (bicyclic) bond motifs is 1. The third kappa shape index (κ3) is 1.65. The van der Waals surface area contributed by atoms with Gasteiger partial charge in [0.25, 0.3) is 5.24 Å². The molecule has 13 heavy (non-hydrogen) atoms. The average molecular weight is 194 g/mol. The first kappa shape index (κ1) is 8.12. The first-order valence-corrected chi connectivity index (χ1v) is 4.03. The summed E-state index contributed by atoms with van der Waals surface area (Å²) < 4.78 is 5.05. The molecule has 0 unspecified atom stereocenters. The minimum atomic E-state index is -0.404. The lowest BCUT2D eigenvalue weighted by Crippen LogP contribution is -2.00. The number of aromatic nitrogens is 1. The van der Waals surface area contributed by atoms with E-state index < -0.39 is 5.24 Å². The van der Waals surface area contributed by atoms with Crippen LogP contribution in [-0.4, -0.2) is 10.2 Å². The molecule has 1 N–H and O–H groups in total. The fraction of sp³-hybridized carbons (Fsp3) is 0. The molecule has 1 aromatic heterocycles. The molecule has 66 valence electrons. The van der Waals surface area contributed by atoms with E-state index in [0.717, 1.165) is 5.52 Å². The van der Waals surface area contributed by atoms with Gasteiger partial charge < -0.3 is 9.73 Å². The highest BCUT2D eigenvalue weighted by atomic mass is 32.1. The highest BCUT2D eigenvalue weighted by Gasteiger charge is 2.00. The van der Waals surface area contributed by atoms with Gasteiger partial charge in [-0.1, -0.05) is 12.6 Å². The quantitative estimate of drug-likeness (QED) is 0.685. The number of benzene rings is 1. The second kappa shape index (κ2) is 3.10. The van der Waals surface area contributed by atoms with Crippen molar-refractivity contribution in [3.05, 3.63) is 24.6 Å². The van der Waals surface area contributed by atoms with Gasteiger partial charge in [0.05, 0.1) is 0 Å². The lowest BCUT2D eigenvalue weighted by molar-refractivity contribution is 0.270. The summed E-state index contributed by atoms with van der Waals surface area (Å²) >= 11 is 3.59. The first-order chi connectivity index (χ1) is 6.25. The van der Waals surface area contributed by atoms with E-state index in [4.69, 9.17) is 4.42 Å². The molecule has 1 amide bonds. The molecule has 0 saturated carbocycles. The second-order valence-electron chi connectivity index (χ2n) is 2.47. The Hall–Kier alpha value is -1.49. The Bertz CT molecular complexity index is 452. The van der Waals surface area contributed by atoms with Gasteiger partial charge in [0.1, 0.15) is 5.52 Å². The lowest BCUT2D eigenvalue weighted by atomic mass is 10.3. The second-order valence-corrected chi connectivity index (χ2v) is 2.87. The summed E-state index contributed by atoms with van der Waals surface area (Å²) in [5.74, 6) is 0. The molecule has 0 aliphatic heterocycles. The van der Waals surface area contributed by atoms with Crippen LogP contribution in [0.15, 0.2) is 29.0 Å².